The molecule has 0 spiro atoms. The van der Waals surface area contributed by atoms with Gasteiger partial charge in [0.25, 0.3) is 17.5 Å². The van der Waals surface area contributed by atoms with Gasteiger partial charge in [-0.05, 0) is 42.1 Å². The summed E-state index contributed by atoms with van der Waals surface area (Å²) in [6.45, 7) is 3.70. The summed E-state index contributed by atoms with van der Waals surface area (Å²) in [6, 6.07) is 7.85. The van der Waals surface area contributed by atoms with Gasteiger partial charge in [0.05, 0.1) is 4.92 Å². The molecule has 1 aromatic carbocycles. The monoisotopic (exact) mass is 483 g/mol. The van der Waals surface area contributed by atoms with Crippen molar-refractivity contribution in [2.45, 2.75) is 9.24 Å². The average molecular weight is 484 g/mol. The topological polar surface area (TPSA) is 118 Å². The van der Waals surface area contributed by atoms with Gasteiger partial charge in [0, 0.05) is 29.8 Å². The van der Waals surface area contributed by atoms with E-state index in [-0.39, 0.29) is 22.9 Å². The number of aromatic nitrogens is 2. The number of nitrogens with one attached hydrogen (secondary N) is 1. The third-order valence-electron chi connectivity index (χ3n) is 4.35. The highest BCUT2D eigenvalue weighted by Crippen LogP contribution is 2.37. The van der Waals surface area contributed by atoms with Gasteiger partial charge in [-0.2, -0.15) is 0 Å². The van der Waals surface area contributed by atoms with Gasteiger partial charge in [-0.25, -0.2) is 9.97 Å². The Kier molecular flexibility index (Phi) is 6.08. The van der Waals surface area contributed by atoms with Crippen molar-refractivity contribution in [1.82, 2.24) is 20.2 Å². The number of carbonyl (C=O) groups is 2. The minimum absolute atomic E-state index is 0.0207. The Labute approximate surface area is 195 Å². The molecule has 3 aromatic rings. The summed E-state index contributed by atoms with van der Waals surface area (Å²) in [5.74, 6) is -1.28. The second-order valence-corrected chi connectivity index (χ2v) is 9.06. The van der Waals surface area contributed by atoms with Gasteiger partial charge >= 0.3 is 0 Å². The molecule has 0 bridgehead atoms. The molecule has 3 heterocycles. The molecular formula is C20H13N5O4S3. The molecule has 0 aliphatic carbocycles. The minimum atomic E-state index is -0.674. The van der Waals surface area contributed by atoms with Crippen LogP contribution in [0.15, 0.2) is 64.0 Å². The molecule has 0 radical (unpaired) electrons. The Morgan fingerprint density at radius 3 is 2.88 bits per heavy atom. The molecule has 1 aliphatic rings. The summed E-state index contributed by atoms with van der Waals surface area (Å²) < 4.78 is 0.668. The van der Waals surface area contributed by atoms with Crippen molar-refractivity contribution in [3.63, 3.8) is 0 Å². The first kappa shape index (κ1) is 21.7. The zero-order valence-corrected chi connectivity index (χ0v) is 18.6. The Bertz CT molecular complexity index is 1300. The van der Waals surface area contributed by atoms with Crippen LogP contribution in [-0.2, 0) is 9.59 Å². The lowest BCUT2D eigenvalue weighted by Crippen LogP contribution is -2.53. The Morgan fingerprint density at radius 1 is 1.34 bits per heavy atom. The largest absolute Gasteiger partial charge is 0.298 e. The van der Waals surface area contributed by atoms with Crippen LogP contribution >= 0.6 is 35.3 Å². The number of carbonyl (C=O) groups excluding carboxylic acids is 2. The van der Waals surface area contributed by atoms with E-state index in [1.165, 1.54) is 52.3 Å². The highest BCUT2D eigenvalue weighted by Gasteiger charge is 2.33. The van der Waals surface area contributed by atoms with Crippen molar-refractivity contribution >= 4 is 74.4 Å². The third kappa shape index (κ3) is 4.28. The Hall–Kier alpha value is -3.48. The van der Waals surface area contributed by atoms with Crippen LogP contribution in [0.4, 0.5) is 5.69 Å². The van der Waals surface area contributed by atoms with Crippen LogP contribution < -0.4 is 5.32 Å². The molecule has 1 saturated heterocycles. The number of nitrogens with zero attached hydrogens (tertiary/aromatic N) is 4. The molecule has 32 heavy (non-hydrogen) atoms. The van der Waals surface area contributed by atoms with Crippen molar-refractivity contribution in [3.8, 4) is 0 Å². The van der Waals surface area contributed by atoms with Gasteiger partial charge in [-0.3, -0.25) is 29.9 Å². The highest BCUT2D eigenvalue weighted by molar-refractivity contribution is 8.01. The van der Waals surface area contributed by atoms with Crippen LogP contribution in [0.5, 0.6) is 0 Å². The fraction of sp³-hybridized carbons (Fsp3) is 0.0500. The molecule has 9 nitrogen and oxygen atoms in total. The Morgan fingerprint density at radius 2 is 2.16 bits per heavy atom. The zero-order valence-electron chi connectivity index (χ0n) is 16.2. The maximum Gasteiger partial charge on any atom is 0.270 e. The highest BCUT2D eigenvalue weighted by atomic mass is 32.2. The number of hydrogen-bond donors (Lipinski definition) is 1. The summed E-state index contributed by atoms with van der Waals surface area (Å²) in [5.41, 5.74) is 0.710. The molecule has 1 aliphatic heterocycles. The van der Waals surface area contributed by atoms with E-state index in [1.807, 2.05) is 6.07 Å². The summed E-state index contributed by atoms with van der Waals surface area (Å²) in [7, 11) is 0. The number of thiazole rings is 1. The number of benzene rings is 1. The molecular weight excluding hydrogens is 470 g/mol. The molecule has 2 aromatic heterocycles. The summed E-state index contributed by atoms with van der Waals surface area (Å²) >= 11 is 7.69. The van der Waals surface area contributed by atoms with Crippen LogP contribution in [0.25, 0.3) is 16.4 Å². The van der Waals surface area contributed by atoms with Crippen molar-refractivity contribution in [2.75, 3.05) is 6.54 Å². The first-order chi connectivity index (χ1) is 15.4. The molecule has 0 unspecified atom stereocenters. The van der Waals surface area contributed by atoms with Gasteiger partial charge in [0.2, 0.25) is 0 Å². The normalized spacial score (nSPS) is 15.3. The average Bonchev–Trinajstić information content (AvgIpc) is 3.17. The van der Waals surface area contributed by atoms with Gasteiger partial charge in [-0.1, -0.05) is 29.2 Å². The first-order valence-corrected chi connectivity index (χ1v) is 11.1. The molecule has 2 amide bonds. The summed E-state index contributed by atoms with van der Waals surface area (Å²) in [5, 5.41) is 13.8. The van der Waals surface area contributed by atoms with E-state index in [2.05, 4.69) is 21.9 Å². The number of nitro benzene ring substituents is 1. The quantitative estimate of drug-likeness (QED) is 0.141. The number of pyridine rings is 1. The SMILES string of the molecule is C=CCN1C(=O)/C(=C\c2cc([N+](=O)[O-])ccc2Sc2nc3cccnc3s2)C(=O)NC1=S. The van der Waals surface area contributed by atoms with E-state index in [0.717, 1.165) is 10.3 Å². The lowest BCUT2D eigenvalue weighted by Gasteiger charge is -2.27. The second-order valence-electron chi connectivity index (χ2n) is 6.41. The predicted octanol–water partition coefficient (Wildman–Crippen LogP) is 3.56. The van der Waals surface area contributed by atoms with Crippen molar-refractivity contribution < 1.29 is 14.5 Å². The minimum Gasteiger partial charge on any atom is -0.298 e. The molecule has 160 valence electrons. The van der Waals surface area contributed by atoms with E-state index >= 15 is 0 Å². The van der Waals surface area contributed by atoms with Gasteiger partial charge in [-0.15, -0.1) is 6.58 Å². The Balaban J connectivity index is 1.77. The van der Waals surface area contributed by atoms with E-state index in [4.69, 9.17) is 12.2 Å². The lowest BCUT2D eigenvalue weighted by atomic mass is 10.1. The van der Waals surface area contributed by atoms with E-state index in [1.54, 1.807) is 18.3 Å². The van der Waals surface area contributed by atoms with E-state index < -0.39 is 16.7 Å². The van der Waals surface area contributed by atoms with Crippen molar-refractivity contribution in [1.29, 1.82) is 0 Å². The van der Waals surface area contributed by atoms with Crippen LogP contribution in [0.1, 0.15) is 5.56 Å². The smallest absolute Gasteiger partial charge is 0.270 e. The number of non-ortho nitro benzene ring substituents is 1. The van der Waals surface area contributed by atoms with Crippen LogP contribution in [-0.4, -0.2) is 43.3 Å². The molecule has 0 atom stereocenters. The van der Waals surface area contributed by atoms with E-state index in [9.17, 15) is 19.7 Å². The van der Waals surface area contributed by atoms with Crippen molar-refractivity contribution in [2.24, 2.45) is 0 Å². The third-order valence-corrected chi connectivity index (χ3v) is 6.80. The zero-order chi connectivity index (χ0) is 22.8. The standard InChI is InChI=1S/C20H13N5O4S3/c1-2-8-24-18(27)13(16(26)23-19(24)30)10-11-9-12(25(28)29)5-6-15(11)31-20-22-14-4-3-7-21-17(14)32-20/h2-7,9-10H,1,8H2,(H,23,26,30)/b13-10-. The molecule has 4 rings (SSSR count). The maximum atomic E-state index is 12.8. The number of fused-ring (bicyclic) bond motifs is 1. The summed E-state index contributed by atoms with van der Waals surface area (Å²) in [6.07, 6.45) is 4.48. The number of thiocarbonyl (C=S) groups is 1. The molecule has 1 fully saturated rings. The second kappa shape index (κ2) is 8.94. The van der Waals surface area contributed by atoms with Gasteiger partial charge in [0.1, 0.15) is 15.9 Å². The summed E-state index contributed by atoms with van der Waals surface area (Å²) in [4.78, 5) is 47.4. The first-order valence-electron chi connectivity index (χ1n) is 9.05. The maximum absolute atomic E-state index is 12.8. The van der Waals surface area contributed by atoms with Crippen molar-refractivity contribution in [3.05, 3.63) is 70.4 Å². The fourth-order valence-electron chi connectivity index (χ4n) is 2.89. The predicted molar refractivity (Wildman–Crippen MR) is 125 cm³/mol. The number of rotatable bonds is 6. The van der Waals surface area contributed by atoms with Gasteiger partial charge in [0.15, 0.2) is 9.45 Å². The van der Waals surface area contributed by atoms with Crippen LogP contribution in [0.3, 0.4) is 0 Å². The van der Waals surface area contributed by atoms with Crippen LogP contribution in [0.2, 0.25) is 0 Å². The number of nitro groups is 1. The van der Waals surface area contributed by atoms with E-state index in [0.29, 0.717) is 14.8 Å². The molecule has 1 N–H and O–H groups in total. The fourth-order valence-corrected chi connectivity index (χ4v) is 5.16. The van der Waals surface area contributed by atoms with Gasteiger partial charge < -0.3 is 0 Å². The number of amides is 2. The molecule has 0 saturated carbocycles. The number of hydrogen-bond acceptors (Lipinski definition) is 9. The van der Waals surface area contributed by atoms with Crippen LogP contribution in [0, 0.1) is 10.1 Å². The molecule has 12 heteroatoms. The lowest BCUT2D eigenvalue weighted by molar-refractivity contribution is -0.384.